The lowest BCUT2D eigenvalue weighted by atomic mass is 9.99. The molecule has 6 nitrogen and oxygen atoms in total. The third-order valence-electron chi connectivity index (χ3n) is 3.57. The number of benzene rings is 1. The zero-order valence-corrected chi connectivity index (χ0v) is 12.7. The van der Waals surface area contributed by atoms with Crippen LogP contribution >= 0.6 is 0 Å². The number of carboxylic acid groups (broad SMARTS) is 1. The molecule has 1 aliphatic heterocycles. The number of carboxylic acids is 1. The predicted molar refractivity (Wildman–Crippen MR) is 81.7 cm³/mol. The van der Waals surface area contributed by atoms with Gasteiger partial charge in [0.2, 0.25) is 5.91 Å². The highest BCUT2D eigenvalue weighted by Crippen LogP contribution is 2.23. The fourth-order valence-electron chi connectivity index (χ4n) is 2.46. The number of nitrogens with one attached hydrogen (secondary N) is 2. The summed E-state index contributed by atoms with van der Waals surface area (Å²) in [4.78, 5) is 34.7. The minimum Gasteiger partial charge on any atom is -0.480 e. The number of aliphatic carboxylic acids is 1. The van der Waals surface area contributed by atoms with Gasteiger partial charge in [0.15, 0.2) is 0 Å². The lowest BCUT2D eigenvalue weighted by Crippen LogP contribution is -2.41. The van der Waals surface area contributed by atoms with E-state index in [1.54, 1.807) is 18.2 Å². The smallest absolute Gasteiger partial charge is 0.326 e. The van der Waals surface area contributed by atoms with E-state index in [9.17, 15) is 19.5 Å². The molecule has 0 aliphatic carbocycles. The van der Waals surface area contributed by atoms with Crippen molar-refractivity contribution in [2.45, 2.75) is 39.2 Å². The molecular formula is C16H20N2O4. The van der Waals surface area contributed by atoms with Gasteiger partial charge in [-0.2, -0.15) is 0 Å². The number of hydrogen-bond acceptors (Lipinski definition) is 3. The SMILES string of the molecule is CC(C)CC(NC(=O)c1ccc2c(c1)CCC(=O)N2)C(=O)O. The Kier molecular flexibility index (Phi) is 4.80. The van der Waals surface area contributed by atoms with E-state index < -0.39 is 17.9 Å². The average Bonchev–Trinajstić information content (AvgIpc) is 2.45. The second-order valence-corrected chi connectivity index (χ2v) is 5.91. The number of hydrogen-bond donors (Lipinski definition) is 3. The molecule has 6 heteroatoms. The van der Waals surface area contributed by atoms with E-state index in [2.05, 4.69) is 10.6 Å². The lowest BCUT2D eigenvalue weighted by Gasteiger charge is -2.19. The molecule has 0 saturated carbocycles. The molecule has 1 aromatic carbocycles. The molecule has 0 fully saturated rings. The number of anilines is 1. The Morgan fingerprint density at radius 2 is 2.05 bits per heavy atom. The van der Waals surface area contributed by atoms with Crippen LogP contribution in [0.2, 0.25) is 0 Å². The van der Waals surface area contributed by atoms with Gasteiger partial charge in [0.1, 0.15) is 6.04 Å². The van der Waals surface area contributed by atoms with Crippen molar-refractivity contribution < 1.29 is 19.5 Å². The van der Waals surface area contributed by atoms with E-state index in [4.69, 9.17) is 0 Å². The summed E-state index contributed by atoms with van der Waals surface area (Å²) in [6, 6.07) is 4.08. The van der Waals surface area contributed by atoms with Crippen LogP contribution in [0.4, 0.5) is 5.69 Å². The summed E-state index contributed by atoms with van der Waals surface area (Å²) in [6.45, 7) is 3.81. The molecule has 1 aliphatic rings. The predicted octanol–water partition coefficient (Wildman–Crippen LogP) is 1.80. The maximum absolute atomic E-state index is 12.2. The van der Waals surface area contributed by atoms with Gasteiger partial charge >= 0.3 is 5.97 Å². The average molecular weight is 304 g/mol. The van der Waals surface area contributed by atoms with Crippen LogP contribution in [0.5, 0.6) is 0 Å². The second-order valence-electron chi connectivity index (χ2n) is 5.91. The highest BCUT2D eigenvalue weighted by molar-refractivity contribution is 5.99. The zero-order valence-electron chi connectivity index (χ0n) is 12.7. The molecule has 1 unspecified atom stereocenters. The molecule has 2 rings (SSSR count). The third-order valence-corrected chi connectivity index (χ3v) is 3.57. The van der Waals surface area contributed by atoms with Crippen molar-refractivity contribution in [3.8, 4) is 0 Å². The first-order chi connectivity index (χ1) is 10.4. The summed E-state index contributed by atoms with van der Waals surface area (Å²) in [5.74, 6) is -1.31. The summed E-state index contributed by atoms with van der Waals surface area (Å²) < 4.78 is 0. The van der Waals surface area contributed by atoms with Crippen LogP contribution in [0.3, 0.4) is 0 Å². The van der Waals surface area contributed by atoms with Gasteiger partial charge in [0.05, 0.1) is 0 Å². The minimum atomic E-state index is -1.03. The van der Waals surface area contributed by atoms with Gasteiger partial charge in [-0.05, 0) is 42.5 Å². The van der Waals surface area contributed by atoms with Crippen molar-refractivity contribution in [1.82, 2.24) is 5.32 Å². The van der Waals surface area contributed by atoms with Gasteiger partial charge in [0.25, 0.3) is 5.91 Å². The molecule has 0 spiro atoms. The molecule has 118 valence electrons. The maximum Gasteiger partial charge on any atom is 0.326 e. The first-order valence-corrected chi connectivity index (χ1v) is 7.33. The van der Waals surface area contributed by atoms with Crippen molar-refractivity contribution in [2.75, 3.05) is 5.32 Å². The summed E-state index contributed by atoms with van der Waals surface area (Å²) in [5, 5.41) is 14.5. The van der Waals surface area contributed by atoms with E-state index in [0.717, 1.165) is 5.56 Å². The molecule has 1 atom stereocenters. The Bertz CT molecular complexity index is 610. The molecule has 0 bridgehead atoms. The number of carbonyl (C=O) groups excluding carboxylic acids is 2. The number of amides is 2. The van der Waals surface area contributed by atoms with E-state index in [-0.39, 0.29) is 11.8 Å². The molecule has 2 amide bonds. The fraction of sp³-hybridized carbons (Fsp3) is 0.438. The van der Waals surface area contributed by atoms with Gasteiger partial charge in [0, 0.05) is 17.7 Å². The van der Waals surface area contributed by atoms with E-state index in [0.29, 0.717) is 30.5 Å². The number of fused-ring (bicyclic) bond motifs is 1. The third kappa shape index (κ3) is 3.84. The van der Waals surface area contributed by atoms with E-state index in [1.165, 1.54) is 0 Å². The molecule has 0 aromatic heterocycles. The van der Waals surface area contributed by atoms with Crippen LogP contribution < -0.4 is 10.6 Å². The number of aryl methyl sites for hydroxylation is 1. The van der Waals surface area contributed by atoms with Crippen LogP contribution in [0, 0.1) is 5.92 Å². The van der Waals surface area contributed by atoms with Gasteiger partial charge in [-0.3, -0.25) is 9.59 Å². The molecule has 0 saturated heterocycles. The fourth-order valence-corrected chi connectivity index (χ4v) is 2.46. The maximum atomic E-state index is 12.2. The van der Waals surface area contributed by atoms with Crippen LogP contribution in [0.25, 0.3) is 0 Å². The monoisotopic (exact) mass is 304 g/mol. The van der Waals surface area contributed by atoms with Crippen LogP contribution in [0.1, 0.15) is 42.6 Å². The Morgan fingerprint density at radius 1 is 1.32 bits per heavy atom. The Hall–Kier alpha value is -2.37. The topological polar surface area (TPSA) is 95.5 Å². The Morgan fingerprint density at radius 3 is 2.68 bits per heavy atom. The number of carbonyl (C=O) groups is 3. The van der Waals surface area contributed by atoms with Crippen LogP contribution in [-0.4, -0.2) is 28.9 Å². The molecule has 1 aromatic rings. The molecule has 0 radical (unpaired) electrons. The van der Waals surface area contributed by atoms with Crippen LogP contribution in [0.15, 0.2) is 18.2 Å². The summed E-state index contributed by atoms with van der Waals surface area (Å²) >= 11 is 0. The van der Waals surface area contributed by atoms with Crippen molar-refractivity contribution in [2.24, 2.45) is 5.92 Å². The van der Waals surface area contributed by atoms with Gasteiger partial charge in [-0.15, -0.1) is 0 Å². The molecular weight excluding hydrogens is 284 g/mol. The van der Waals surface area contributed by atoms with E-state index >= 15 is 0 Å². The van der Waals surface area contributed by atoms with Crippen molar-refractivity contribution in [3.63, 3.8) is 0 Å². The summed E-state index contributed by atoms with van der Waals surface area (Å²) in [7, 11) is 0. The van der Waals surface area contributed by atoms with Gasteiger partial charge < -0.3 is 15.7 Å². The van der Waals surface area contributed by atoms with Crippen molar-refractivity contribution >= 4 is 23.5 Å². The van der Waals surface area contributed by atoms with Gasteiger partial charge in [-0.1, -0.05) is 13.8 Å². The van der Waals surface area contributed by atoms with Crippen LogP contribution in [-0.2, 0) is 16.0 Å². The molecule has 1 heterocycles. The standard InChI is InChI=1S/C16H20N2O4/c1-9(2)7-13(16(21)22)18-15(20)11-3-5-12-10(8-11)4-6-14(19)17-12/h3,5,8-9,13H,4,6-7H2,1-2H3,(H,17,19)(H,18,20)(H,21,22). The normalized spacial score (nSPS) is 15.0. The second kappa shape index (κ2) is 6.60. The molecule has 3 N–H and O–H groups in total. The zero-order chi connectivity index (χ0) is 16.3. The summed E-state index contributed by atoms with van der Waals surface area (Å²) in [5.41, 5.74) is 2.01. The first-order valence-electron chi connectivity index (χ1n) is 7.33. The summed E-state index contributed by atoms with van der Waals surface area (Å²) in [6.07, 6.45) is 1.35. The Labute approximate surface area is 128 Å². The van der Waals surface area contributed by atoms with Crippen molar-refractivity contribution in [3.05, 3.63) is 29.3 Å². The highest BCUT2D eigenvalue weighted by atomic mass is 16.4. The Balaban J connectivity index is 2.12. The minimum absolute atomic E-state index is 0.0347. The molecule has 22 heavy (non-hydrogen) atoms. The largest absolute Gasteiger partial charge is 0.480 e. The lowest BCUT2D eigenvalue weighted by molar-refractivity contribution is -0.139. The van der Waals surface area contributed by atoms with Crippen molar-refractivity contribution in [1.29, 1.82) is 0 Å². The first kappa shape index (κ1) is 16.0. The van der Waals surface area contributed by atoms with E-state index in [1.807, 2.05) is 13.8 Å². The quantitative estimate of drug-likeness (QED) is 0.773. The highest BCUT2D eigenvalue weighted by Gasteiger charge is 2.23. The number of rotatable bonds is 5. The van der Waals surface area contributed by atoms with Gasteiger partial charge in [-0.25, -0.2) is 4.79 Å².